The quantitative estimate of drug-likeness (QED) is 0.865. The molecule has 3 nitrogen and oxygen atoms in total. The first-order valence-corrected chi connectivity index (χ1v) is 6.27. The number of carbonyl (C=O) groups is 1. The van der Waals surface area contributed by atoms with E-state index in [4.69, 9.17) is 0 Å². The van der Waals surface area contributed by atoms with E-state index in [1.54, 1.807) is 6.92 Å². The molecule has 18 heavy (non-hydrogen) atoms. The third-order valence-electron chi connectivity index (χ3n) is 3.55. The van der Waals surface area contributed by atoms with Crippen LogP contribution in [0.5, 0.6) is 0 Å². The van der Waals surface area contributed by atoms with E-state index in [-0.39, 0.29) is 18.3 Å². The van der Waals surface area contributed by atoms with Gasteiger partial charge in [-0.15, -0.1) is 0 Å². The Labute approximate surface area is 106 Å². The van der Waals surface area contributed by atoms with Crippen molar-refractivity contribution in [3.8, 4) is 0 Å². The molecule has 0 bridgehead atoms. The Morgan fingerprint density at radius 3 is 2.72 bits per heavy atom. The summed E-state index contributed by atoms with van der Waals surface area (Å²) in [5.74, 6) is -0.605. The zero-order chi connectivity index (χ0) is 13.2. The predicted octanol–water partition coefficient (Wildman–Crippen LogP) is 2.17. The van der Waals surface area contributed by atoms with Crippen LogP contribution in [-0.4, -0.2) is 23.2 Å². The van der Waals surface area contributed by atoms with Crippen LogP contribution >= 0.6 is 0 Å². The van der Waals surface area contributed by atoms with Crippen molar-refractivity contribution in [1.29, 1.82) is 0 Å². The van der Waals surface area contributed by atoms with Crippen LogP contribution in [0.15, 0.2) is 18.2 Å². The summed E-state index contributed by atoms with van der Waals surface area (Å²) >= 11 is 0. The van der Waals surface area contributed by atoms with Crippen LogP contribution < -0.4 is 5.32 Å². The number of hydrogen-bond acceptors (Lipinski definition) is 2. The first-order valence-electron chi connectivity index (χ1n) is 6.27. The van der Waals surface area contributed by atoms with Gasteiger partial charge in [-0.2, -0.15) is 0 Å². The molecule has 0 unspecified atom stereocenters. The fraction of sp³-hybridized carbons (Fsp3) is 0.500. The van der Waals surface area contributed by atoms with E-state index in [2.05, 4.69) is 5.32 Å². The summed E-state index contributed by atoms with van der Waals surface area (Å²) in [5.41, 5.74) is 0.299. The highest BCUT2D eigenvalue weighted by molar-refractivity contribution is 5.95. The minimum atomic E-state index is -0.760. The molecule has 0 aromatic heterocycles. The van der Waals surface area contributed by atoms with Gasteiger partial charge in [0.05, 0.1) is 5.60 Å². The highest BCUT2D eigenvalue weighted by Gasteiger charge is 2.31. The fourth-order valence-corrected chi connectivity index (χ4v) is 2.43. The minimum Gasteiger partial charge on any atom is -0.388 e. The monoisotopic (exact) mass is 251 g/mol. The third-order valence-corrected chi connectivity index (χ3v) is 3.55. The maximum absolute atomic E-state index is 12.9. The molecule has 2 rings (SSSR count). The molecule has 0 aliphatic heterocycles. The van der Waals surface area contributed by atoms with Gasteiger partial charge in [-0.1, -0.05) is 12.8 Å². The van der Waals surface area contributed by atoms with Crippen molar-refractivity contribution in [2.75, 3.05) is 6.54 Å². The topological polar surface area (TPSA) is 49.3 Å². The van der Waals surface area contributed by atoms with Crippen LogP contribution in [0.3, 0.4) is 0 Å². The van der Waals surface area contributed by atoms with E-state index in [1.165, 1.54) is 18.2 Å². The van der Waals surface area contributed by atoms with Gasteiger partial charge in [0.1, 0.15) is 5.82 Å². The fourth-order valence-electron chi connectivity index (χ4n) is 2.43. The Kier molecular flexibility index (Phi) is 3.66. The lowest BCUT2D eigenvalue weighted by atomic mass is 10.0. The SMILES string of the molecule is Cc1cc(F)ccc1C(=O)NCC1(O)CCCC1. The Morgan fingerprint density at radius 1 is 1.44 bits per heavy atom. The van der Waals surface area contributed by atoms with Gasteiger partial charge >= 0.3 is 0 Å². The molecule has 2 N–H and O–H groups in total. The molecule has 0 heterocycles. The minimum absolute atomic E-state index is 0.257. The number of benzene rings is 1. The standard InChI is InChI=1S/C14H18FNO2/c1-10-8-11(15)4-5-12(10)13(17)16-9-14(18)6-2-3-7-14/h4-5,8,18H,2-3,6-7,9H2,1H3,(H,16,17). The smallest absolute Gasteiger partial charge is 0.251 e. The molecule has 4 heteroatoms. The Hall–Kier alpha value is -1.42. The van der Waals surface area contributed by atoms with Crippen molar-refractivity contribution in [2.45, 2.75) is 38.2 Å². The molecule has 1 saturated carbocycles. The van der Waals surface area contributed by atoms with Gasteiger partial charge in [0, 0.05) is 12.1 Å². The molecule has 0 radical (unpaired) electrons. The molecule has 1 fully saturated rings. The van der Waals surface area contributed by atoms with E-state index in [9.17, 15) is 14.3 Å². The average Bonchev–Trinajstić information content (AvgIpc) is 2.74. The zero-order valence-electron chi connectivity index (χ0n) is 10.5. The van der Waals surface area contributed by atoms with E-state index >= 15 is 0 Å². The number of nitrogens with one attached hydrogen (secondary N) is 1. The Bertz CT molecular complexity index is 453. The van der Waals surface area contributed by atoms with Crippen LogP contribution in [0, 0.1) is 12.7 Å². The Morgan fingerprint density at radius 2 is 2.11 bits per heavy atom. The molecule has 1 aromatic rings. The molecule has 0 saturated heterocycles. The number of rotatable bonds is 3. The van der Waals surface area contributed by atoms with E-state index in [0.717, 1.165) is 25.7 Å². The highest BCUT2D eigenvalue weighted by atomic mass is 19.1. The summed E-state index contributed by atoms with van der Waals surface area (Å²) in [6.45, 7) is 1.96. The van der Waals surface area contributed by atoms with Gasteiger partial charge in [0.15, 0.2) is 0 Å². The molecule has 1 amide bonds. The van der Waals surface area contributed by atoms with Gasteiger partial charge in [0.25, 0.3) is 5.91 Å². The van der Waals surface area contributed by atoms with Crippen LogP contribution in [-0.2, 0) is 0 Å². The molecule has 0 atom stereocenters. The lowest BCUT2D eigenvalue weighted by molar-refractivity contribution is 0.0449. The molecule has 98 valence electrons. The van der Waals surface area contributed by atoms with Crippen LogP contribution in [0.1, 0.15) is 41.6 Å². The second-order valence-corrected chi connectivity index (χ2v) is 5.07. The first-order chi connectivity index (χ1) is 8.50. The summed E-state index contributed by atoms with van der Waals surface area (Å²) in [7, 11) is 0. The van der Waals surface area contributed by atoms with Gasteiger partial charge < -0.3 is 10.4 Å². The summed E-state index contributed by atoms with van der Waals surface area (Å²) in [5, 5.41) is 12.9. The summed E-state index contributed by atoms with van der Waals surface area (Å²) < 4.78 is 12.9. The zero-order valence-corrected chi connectivity index (χ0v) is 10.5. The molecule has 1 aromatic carbocycles. The van der Waals surface area contributed by atoms with Gasteiger partial charge in [-0.25, -0.2) is 4.39 Å². The molecular formula is C14H18FNO2. The van der Waals surface area contributed by atoms with Crippen molar-refractivity contribution < 1.29 is 14.3 Å². The van der Waals surface area contributed by atoms with Crippen molar-refractivity contribution >= 4 is 5.91 Å². The summed E-state index contributed by atoms with van der Waals surface area (Å²) in [6, 6.07) is 4.07. The number of halogens is 1. The van der Waals surface area contributed by atoms with Crippen molar-refractivity contribution in [2.24, 2.45) is 0 Å². The van der Waals surface area contributed by atoms with Gasteiger partial charge in [0.2, 0.25) is 0 Å². The van der Waals surface area contributed by atoms with E-state index < -0.39 is 5.60 Å². The largest absolute Gasteiger partial charge is 0.388 e. The molecular weight excluding hydrogens is 233 g/mol. The van der Waals surface area contributed by atoms with Crippen LogP contribution in [0.4, 0.5) is 4.39 Å². The number of aryl methyl sites for hydroxylation is 1. The summed E-state index contributed by atoms with van der Waals surface area (Å²) in [4.78, 5) is 11.9. The van der Waals surface area contributed by atoms with Gasteiger partial charge in [-0.05, 0) is 43.5 Å². The average molecular weight is 251 g/mol. The molecule has 1 aliphatic carbocycles. The lowest BCUT2D eigenvalue weighted by Crippen LogP contribution is -2.40. The molecule has 1 aliphatic rings. The Balaban J connectivity index is 1.99. The number of carbonyl (C=O) groups excluding carboxylic acids is 1. The predicted molar refractivity (Wildman–Crippen MR) is 66.9 cm³/mol. The van der Waals surface area contributed by atoms with Crippen molar-refractivity contribution in [3.63, 3.8) is 0 Å². The maximum atomic E-state index is 12.9. The van der Waals surface area contributed by atoms with Crippen molar-refractivity contribution in [3.05, 3.63) is 35.1 Å². The summed E-state index contributed by atoms with van der Waals surface area (Å²) in [6.07, 6.45) is 3.47. The normalized spacial score (nSPS) is 17.7. The second kappa shape index (κ2) is 5.06. The maximum Gasteiger partial charge on any atom is 0.251 e. The lowest BCUT2D eigenvalue weighted by Gasteiger charge is -2.22. The number of aliphatic hydroxyl groups is 1. The second-order valence-electron chi connectivity index (χ2n) is 5.07. The molecule has 0 spiro atoms. The number of amides is 1. The van der Waals surface area contributed by atoms with E-state index in [1.807, 2.05) is 0 Å². The third kappa shape index (κ3) is 2.88. The van der Waals surface area contributed by atoms with Gasteiger partial charge in [-0.3, -0.25) is 4.79 Å². The van der Waals surface area contributed by atoms with Crippen LogP contribution in [0.2, 0.25) is 0 Å². The van der Waals surface area contributed by atoms with Crippen LogP contribution in [0.25, 0.3) is 0 Å². The number of hydrogen-bond donors (Lipinski definition) is 2. The first kappa shape index (κ1) is 13.0. The highest BCUT2D eigenvalue weighted by Crippen LogP contribution is 2.28. The van der Waals surface area contributed by atoms with E-state index in [0.29, 0.717) is 11.1 Å². The van der Waals surface area contributed by atoms with Crippen molar-refractivity contribution in [1.82, 2.24) is 5.32 Å².